The summed E-state index contributed by atoms with van der Waals surface area (Å²) >= 11 is 0. The zero-order chi connectivity index (χ0) is 13.5. The molecule has 6 nitrogen and oxygen atoms in total. The molecule has 1 aliphatic rings. The number of aliphatic hydroxyl groups is 1. The SMILES string of the molecule is O=[N+]([O-])c1cnc(C(F)(F)F)cc1N1CC(O)C1. The molecule has 1 fully saturated rings. The van der Waals surface area contributed by atoms with Crippen molar-refractivity contribution in [1.82, 2.24) is 4.98 Å². The summed E-state index contributed by atoms with van der Waals surface area (Å²) in [5.74, 6) is 0. The van der Waals surface area contributed by atoms with Crippen molar-refractivity contribution in [3.05, 3.63) is 28.1 Å². The summed E-state index contributed by atoms with van der Waals surface area (Å²) in [7, 11) is 0. The standard InChI is InChI=1S/C9H8F3N3O3/c10-9(11,12)8-1-6(14-3-5(16)4-14)7(2-13-8)15(17)18/h1-2,5,16H,3-4H2. The summed E-state index contributed by atoms with van der Waals surface area (Å²) in [6, 6.07) is 0.629. The molecule has 1 aromatic heterocycles. The number of aliphatic hydroxyl groups excluding tert-OH is 1. The number of halogens is 3. The Hall–Kier alpha value is -1.90. The second-order valence-electron chi connectivity index (χ2n) is 3.87. The van der Waals surface area contributed by atoms with Crippen molar-refractivity contribution >= 4 is 11.4 Å². The van der Waals surface area contributed by atoms with Gasteiger partial charge in [-0.1, -0.05) is 0 Å². The molecule has 0 atom stereocenters. The van der Waals surface area contributed by atoms with E-state index in [2.05, 4.69) is 4.98 Å². The molecule has 18 heavy (non-hydrogen) atoms. The fourth-order valence-electron chi connectivity index (χ4n) is 1.64. The fourth-order valence-corrected chi connectivity index (χ4v) is 1.64. The van der Waals surface area contributed by atoms with Crippen LogP contribution >= 0.6 is 0 Å². The molecule has 1 aromatic rings. The van der Waals surface area contributed by atoms with Gasteiger partial charge in [-0.05, 0) is 6.07 Å². The van der Waals surface area contributed by atoms with Crippen LogP contribution in [0.2, 0.25) is 0 Å². The van der Waals surface area contributed by atoms with Gasteiger partial charge in [-0.15, -0.1) is 0 Å². The number of aromatic nitrogens is 1. The lowest BCUT2D eigenvalue weighted by atomic mass is 10.1. The van der Waals surface area contributed by atoms with Gasteiger partial charge in [0, 0.05) is 13.1 Å². The maximum atomic E-state index is 12.5. The molecule has 1 saturated heterocycles. The van der Waals surface area contributed by atoms with Crippen molar-refractivity contribution in [2.75, 3.05) is 18.0 Å². The van der Waals surface area contributed by atoms with Gasteiger partial charge in [0.05, 0.1) is 11.0 Å². The molecular weight excluding hydrogens is 255 g/mol. The van der Waals surface area contributed by atoms with Crippen LogP contribution in [0.4, 0.5) is 24.5 Å². The largest absolute Gasteiger partial charge is 0.433 e. The Morgan fingerprint density at radius 2 is 2.11 bits per heavy atom. The number of rotatable bonds is 2. The molecule has 0 aliphatic carbocycles. The van der Waals surface area contributed by atoms with Crippen LogP contribution in [0.5, 0.6) is 0 Å². The van der Waals surface area contributed by atoms with Gasteiger partial charge in [-0.3, -0.25) is 10.1 Å². The number of hydrogen-bond donors (Lipinski definition) is 1. The normalized spacial score (nSPS) is 16.6. The van der Waals surface area contributed by atoms with Crippen LogP contribution in [0.25, 0.3) is 0 Å². The number of hydrogen-bond acceptors (Lipinski definition) is 5. The van der Waals surface area contributed by atoms with E-state index in [9.17, 15) is 23.3 Å². The Labute approximate surface area is 98.8 Å². The molecule has 2 heterocycles. The van der Waals surface area contributed by atoms with E-state index < -0.39 is 28.6 Å². The summed E-state index contributed by atoms with van der Waals surface area (Å²) in [4.78, 5) is 14.2. The fraction of sp³-hybridized carbons (Fsp3) is 0.444. The smallest absolute Gasteiger partial charge is 0.389 e. The molecule has 0 radical (unpaired) electrons. The Morgan fingerprint density at radius 3 is 2.56 bits per heavy atom. The Morgan fingerprint density at radius 1 is 1.50 bits per heavy atom. The number of nitro groups is 1. The third kappa shape index (κ3) is 2.21. The number of nitrogens with zero attached hydrogens (tertiary/aromatic N) is 3. The van der Waals surface area contributed by atoms with Crippen molar-refractivity contribution in [1.29, 1.82) is 0 Å². The molecule has 0 spiro atoms. The minimum atomic E-state index is -4.66. The van der Waals surface area contributed by atoms with E-state index in [4.69, 9.17) is 5.11 Å². The third-order valence-corrected chi connectivity index (χ3v) is 2.55. The summed E-state index contributed by atoms with van der Waals surface area (Å²) < 4.78 is 37.4. The molecule has 0 unspecified atom stereocenters. The zero-order valence-corrected chi connectivity index (χ0v) is 8.89. The molecule has 0 aromatic carbocycles. The van der Waals surface area contributed by atoms with Gasteiger partial charge in [0.25, 0.3) is 0 Å². The van der Waals surface area contributed by atoms with Gasteiger partial charge in [0.2, 0.25) is 0 Å². The van der Waals surface area contributed by atoms with Gasteiger partial charge in [-0.25, -0.2) is 4.98 Å². The maximum absolute atomic E-state index is 12.5. The lowest BCUT2D eigenvalue weighted by molar-refractivity contribution is -0.384. The number of β-amino-alcohol motifs (C(OH)–C–C–N with tert-alkyl or cyclic N) is 1. The van der Waals surface area contributed by atoms with Gasteiger partial charge < -0.3 is 10.0 Å². The first-order chi connectivity index (χ1) is 8.29. The molecule has 0 bridgehead atoms. The monoisotopic (exact) mass is 263 g/mol. The minimum absolute atomic E-state index is 0.0716. The Kier molecular flexibility index (Phi) is 2.85. The average Bonchev–Trinajstić information content (AvgIpc) is 2.22. The summed E-state index contributed by atoms with van der Waals surface area (Å²) in [5, 5.41) is 19.8. The first-order valence-corrected chi connectivity index (χ1v) is 4.93. The first kappa shape index (κ1) is 12.6. The van der Waals surface area contributed by atoms with Crippen molar-refractivity contribution in [3.63, 3.8) is 0 Å². The lowest BCUT2D eigenvalue weighted by Gasteiger charge is -2.37. The van der Waals surface area contributed by atoms with E-state index in [-0.39, 0.29) is 18.8 Å². The van der Waals surface area contributed by atoms with Crippen molar-refractivity contribution < 1.29 is 23.2 Å². The first-order valence-electron chi connectivity index (χ1n) is 4.93. The molecule has 0 saturated carbocycles. The molecule has 9 heteroatoms. The molecule has 1 aliphatic heterocycles. The summed E-state index contributed by atoms with van der Waals surface area (Å²) in [6.45, 7) is 0.143. The topological polar surface area (TPSA) is 79.5 Å². The van der Waals surface area contributed by atoms with Crippen molar-refractivity contribution in [3.8, 4) is 0 Å². The molecular formula is C9H8F3N3O3. The highest BCUT2D eigenvalue weighted by Crippen LogP contribution is 2.36. The highest BCUT2D eigenvalue weighted by molar-refractivity contribution is 5.64. The third-order valence-electron chi connectivity index (χ3n) is 2.55. The van der Waals surface area contributed by atoms with Gasteiger partial charge in [0.15, 0.2) is 0 Å². The van der Waals surface area contributed by atoms with Crippen LogP contribution in [0, 0.1) is 10.1 Å². The van der Waals surface area contributed by atoms with Crippen LogP contribution in [-0.2, 0) is 6.18 Å². The van der Waals surface area contributed by atoms with Crippen LogP contribution in [0.15, 0.2) is 12.3 Å². The molecule has 2 rings (SSSR count). The van der Waals surface area contributed by atoms with Crippen molar-refractivity contribution in [2.24, 2.45) is 0 Å². The van der Waals surface area contributed by atoms with E-state index in [1.807, 2.05) is 0 Å². The highest BCUT2D eigenvalue weighted by atomic mass is 19.4. The molecule has 98 valence electrons. The molecule has 0 amide bonds. The van der Waals surface area contributed by atoms with Gasteiger partial charge >= 0.3 is 11.9 Å². The van der Waals surface area contributed by atoms with Gasteiger partial charge in [0.1, 0.15) is 17.6 Å². The molecule has 1 N–H and O–H groups in total. The lowest BCUT2D eigenvalue weighted by Crippen LogP contribution is -2.51. The van der Waals surface area contributed by atoms with E-state index in [1.165, 1.54) is 4.90 Å². The van der Waals surface area contributed by atoms with Crippen molar-refractivity contribution in [2.45, 2.75) is 12.3 Å². The zero-order valence-electron chi connectivity index (χ0n) is 8.89. The Balaban J connectivity index is 2.42. The highest BCUT2D eigenvalue weighted by Gasteiger charge is 2.37. The predicted octanol–water partition coefficient (Wildman–Crippen LogP) is 1.19. The van der Waals surface area contributed by atoms with Crippen LogP contribution in [0.1, 0.15) is 5.69 Å². The van der Waals surface area contributed by atoms with E-state index >= 15 is 0 Å². The number of alkyl halides is 3. The quantitative estimate of drug-likeness (QED) is 0.640. The number of pyridine rings is 1. The van der Waals surface area contributed by atoms with Crippen LogP contribution in [-0.4, -0.2) is 34.2 Å². The van der Waals surface area contributed by atoms with Crippen LogP contribution < -0.4 is 4.90 Å². The van der Waals surface area contributed by atoms with E-state index in [0.717, 1.165) is 0 Å². The second-order valence-corrected chi connectivity index (χ2v) is 3.87. The van der Waals surface area contributed by atoms with E-state index in [0.29, 0.717) is 12.3 Å². The second kappa shape index (κ2) is 4.09. The summed E-state index contributed by atoms with van der Waals surface area (Å²) in [6.07, 6.45) is -4.75. The van der Waals surface area contributed by atoms with E-state index in [1.54, 1.807) is 0 Å². The van der Waals surface area contributed by atoms with Gasteiger partial charge in [-0.2, -0.15) is 13.2 Å². The van der Waals surface area contributed by atoms with Crippen LogP contribution in [0.3, 0.4) is 0 Å². The number of anilines is 1. The Bertz CT molecular complexity index is 486. The summed E-state index contributed by atoms with van der Waals surface area (Å²) in [5.41, 5.74) is -1.87. The average molecular weight is 263 g/mol. The predicted molar refractivity (Wildman–Crippen MR) is 54.1 cm³/mol. The minimum Gasteiger partial charge on any atom is -0.389 e. The maximum Gasteiger partial charge on any atom is 0.433 e.